The summed E-state index contributed by atoms with van der Waals surface area (Å²) < 4.78 is 47.2. The number of hydrogen-bond donors (Lipinski definition) is 1. The maximum atomic E-state index is 13.9. The molecule has 0 aliphatic carbocycles. The summed E-state index contributed by atoms with van der Waals surface area (Å²) in [6, 6.07) is 6.63. The van der Waals surface area contributed by atoms with Gasteiger partial charge in [0, 0.05) is 12.7 Å². The summed E-state index contributed by atoms with van der Waals surface area (Å²) in [6.45, 7) is 0. The van der Waals surface area contributed by atoms with Crippen molar-refractivity contribution in [3.8, 4) is 11.5 Å². The average molecular weight is 612 g/mol. The number of carbonyl (C=O) groups is 2. The van der Waals surface area contributed by atoms with Gasteiger partial charge in [-0.1, -0.05) is 0 Å². The number of amides is 1. The minimum Gasteiger partial charge on any atom is -0.467 e. The fraction of sp³-hybridized carbons (Fsp3) is 0.263. The molecule has 178 valence electrons. The van der Waals surface area contributed by atoms with Crippen molar-refractivity contribution < 1.29 is 36.8 Å². The smallest absolute Gasteiger partial charge is 0.340 e. The second-order valence-electron chi connectivity index (χ2n) is 6.74. The van der Waals surface area contributed by atoms with E-state index in [1.54, 1.807) is 0 Å². The van der Waals surface area contributed by atoms with Crippen LogP contribution in [0.3, 0.4) is 0 Å². The van der Waals surface area contributed by atoms with Gasteiger partial charge in [0.2, 0.25) is 12.1 Å². The van der Waals surface area contributed by atoms with Crippen LogP contribution >= 0.6 is 31.9 Å². The van der Waals surface area contributed by atoms with E-state index in [0.29, 0.717) is 14.5 Å². The maximum absolute atomic E-state index is 13.9. The van der Waals surface area contributed by atoms with E-state index in [-0.39, 0.29) is 23.6 Å². The van der Waals surface area contributed by atoms with E-state index in [9.17, 15) is 32.5 Å². The van der Waals surface area contributed by atoms with Gasteiger partial charge in [0.15, 0.2) is 15.6 Å². The lowest BCUT2D eigenvalue weighted by atomic mass is 10.1. The van der Waals surface area contributed by atoms with E-state index < -0.39 is 44.2 Å². The lowest BCUT2D eigenvalue weighted by Crippen LogP contribution is -2.22. The Balaban J connectivity index is 2.28. The molecule has 0 fully saturated rings. The number of hydrogen-bond acceptors (Lipinski definition) is 8. The van der Waals surface area contributed by atoms with Gasteiger partial charge < -0.3 is 14.8 Å². The van der Waals surface area contributed by atoms with Crippen molar-refractivity contribution in [2.75, 3.05) is 24.4 Å². The van der Waals surface area contributed by atoms with Crippen LogP contribution in [0.5, 0.6) is 11.5 Å². The number of carbonyl (C=O) groups excluding carboxylic acids is 2. The van der Waals surface area contributed by atoms with E-state index in [2.05, 4.69) is 41.9 Å². The van der Waals surface area contributed by atoms with E-state index >= 15 is 0 Å². The molecule has 0 saturated carbocycles. The molecule has 0 radical (unpaired) electrons. The molecular weight excluding hydrogens is 595 g/mol. The normalized spacial score (nSPS) is 12.0. The van der Waals surface area contributed by atoms with Crippen molar-refractivity contribution in [3.63, 3.8) is 0 Å². The lowest BCUT2D eigenvalue weighted by molar-refractivity contribution is -0.384. The molecule has 1 N–H and O–H groups in total. The molecular formula is C19H17Br2FN2O8S. The third kappa shape index (κ3) is 7.75. The first kappa shape index (κ1) is 26.7. The van der Waals surface area contributed by atoms with Crippen molar-refractivity contribution in [2.45, 2.75) is 12.6 Å². The Bertz CT molecular complexity index is 1180. The van der Waals surface area contributed by atoms with Crippen molar-refractivity contribution in [1.82, 2.24) is 0 Å². The molecule has 2 aromatic rings. The average Bonchev–Trinajstić information content (AvgIpc) is 2.69. The highest BCUT2D eigenvalue weighted by atomic mass is 79.9. The Hall–Kier alpha value is -2.58. The molecule has 1 amide bonds. The molecule has 0 spiro atoms. The minimum atomic E-state index is -3.62. The fourth-order valence-electron chi connectivity index (χ4n) is 2.62. The standard InChI is InChI=1S/C19H17Br2FN2O8S/c1-31-19(26)14(22)7-10-5-12(20)18(13(21)6-10)32-11-3-4-15(16(8-11)24(27)28)23-17(25)9-33(2,29)30/h3-6,8,14H,7,9H2,1-2H3,(H,23,25). The first-order valence-corrected chi connectivity index (χ1v) is 12.6. The van der Waals surface area contributed by atoms with E-state index in [0.717, 1.165) is 19.4 Å². The van der Waals surface area contributed by atoms with Crippen molar-refractivity contribution in [3.05, 3.63) is 55.0 Å². The summed E-state index contributed by atoms with van der Waals surface area (Å²) in [5.41, 5.74) is -0.267. The number of esters is 1. The molecule has 33 heavy (non-hydrogen) atoms. The van der Waals surface area contributed by atoms with Gasteiger partial charge >= 0.3 is 5.97 Å². The van der Waals surface area contributed by atoms with Crippen LogP contribution in [0, 0.1) is 10.1 Å². The van der Waals surface area contributed by atoms with Crippen molar-refractivity contribution >= 4 is 64.9 Å². The first-order valence-electron chi connectivity index (χ1n) is 8.94. The van der Waals surface area contributed by atoms with Crippen LogP contribution in [0.2, 0.25) is 0 Å². The van der Waals surface area contributed by atoms with E-state index in [1.165, 1.54) is 24.3 Å². The van der Waals surface area contributed by atoms with Gasteiger partial charge in [-0.25, -0.2) is 17.6 Å². The van der Waals surface area contributed by atoms with E-state index in [1.807, 2.05) is 0 Å². The van der Waals surface area contributed by atoms with Gasteiger partial charge in [0.1, 0.15) is 17.2 Å². The number of benzene rings is 2. The van der Waals surface area contributed by atoms with Gasteiger partial charge in [-0.05, 0) is 61.7 Å². The molecule has 0 heterocycles. The Kier molecular flexibility index (Phi) is 8.91. The number of nitrogens with one attached hydrogen (secondary N) is 1. The van der Waals surface area contributed by atoms with Crippen LogP contribution in [0.15, 0.2) is 39.3 Å². The number of anilines is 1. The number of methoxy groups -OCH3 is 1. The van der Waals surface area contributed by atoms with Crippen LogP contribution in [-0.4, -0.2) is 50.5 Å². The van der Waals surface area contributed by atoms with Crippen molar-refractivity contribution in [2.24, 2.45) is 0 Å². The summed E-state index contributed by atoms with van der Waals surface area (Å²) in [7, 11) is -2.54. The molecule has 0 aliphatic heterocycles. The molecule has 10 nitrogen and oxygen atoms in total. The molecule has 0 aromatic heterocycles. The molecule has 14 heteroatoms. The Labute approximate surface area is 204 Å². The third-order valence-electron chi connectivity index (χ3n) is 3.98. The second-order valence-corrected chi connectivity index (χ2v) is 10.6. The van der Waals surface area contributed by atoms with Crippen LogP contribution in [0.4, 0.5) is 15.8 Å². The topological polar surface area (TPSA) is 142 Å². The number of nitrogens with zero attached hydrogens (tertiary/aromatic N) is 1. The number of rotatable bonds is 9. The maximum Gasteiger partial charge on any atom is 0.340 e. The Morgan fingerprint density at radius 3 is 2.33 bits per heavy atom. The minimum absolute atomic E-state index is 0.0369. The van der Waals surface area contributed by atoms with Crippen LogP contribution in [0.1, 0.15) is 5.56 Å². The first-order chi connectivity index (χ1) is 15.3. The van der Waals surface area contributed by atoms with Gasteiger partial charge in [0.25, 0.3) is 5.69 Å². The highest BCUT2D eigenvalue weighted by Gasteiger charge is 2.22. The quantitative estimate of drug-likeness (QED) is 0.255. The zero-order valence-corrected chi connectivity index (χ0v) is 21.1. The number of halogens is 3. The van der Waals surface area contributed by atoms with Gasteiger partial charge in [-0.3, -0.25) is 14.9 Å². The summed E-state index contributed by atoms with van der Waals surface area (Å²) in [4.78, 5) is 33.8. The predicted molar refractivity (Wildman–Crippen MR) is 124 cm³/mol. The van der Waals surface area contributed by atoms with Gasteiger partial charge in [-0.15, -0.1) is 0 Å². The van der Waals surface area contributed by atoms with Gasteiger partial charge in [-0.2, -0.15) is 0 Å². The van der Waals surface area contributed by atoms with Crippen LogP contribution in [0.25, 0.3) is 0 Å². The molecule has 2 rings (SSSR count). The SMILES string of the molecule is COC(=O)C(F)Cc1cc(Br)c(Oc2ccc(NC(=O)CS(C)(=O)=O)c([N+](=O)[O-])c2)c(Br)c1. The summed E-state index contributed by atoms with van der Waals surface area (Å²) >= 11 is 6.56. The monoisotopic (exact) mass is 610 g/mol. The summed E-state index contributed by atoms with van der Waals surface area (Å²) in [6.07, 6.45) is -1.23. The zero-order chi connectivity index (χ0) is 24.9. The predicted octanol–water partition coefficient (Wildman–Crippen LogP) is 3.95. The number of ether oxygens (including phenoxy) is 2. The molecule has 0 aliphatic rings. The highest BCUT2D eigenvalue weighted by Crippen LogP contribution is 2.40. The molecule has 0 saturated heterocycles. The summed E-state index contributed by atoms with van der Waals surface area (Å²) in [5, 5.41) is 13.6. The molecule has 1 atom stereocenters. The molecule has 2 aromatic carbocycles. The largest absolute Gasteiger partial charge is 0.467 e. The van der Waals surface area contributed by atoms with Gasteiger partial charge in [0.05, 0.1) is 27.0 Å². The van der Waals surface area contributed by atoms with Crippen molar-refractivity contribution in [1.29, 1.82) is 0 Å². The number of nitro groups is 1. The fourth-order valence-corrected chi connectivity index (χ4v) is 4.61. The van der Waals surface area contributed by atoms with Crippen LogP contribution in [-0.2, 0) is 30.6 Å². The Morgan fingerprint density at radius 1 is 1.21 bits per heavy atom. The zero-order valence-electron chi connectivity index (χ0n) is 17.1. The molecule has 0 bridgehead atoms. The highest BCUT2D eigenvalue weighted by molar-refractivity contribution is 9.11. The third-order valence-corrected chi connectivity index (χ3v) is 5.95. The Morgan fingerprint density at radius 2 is 1.82 bits per heavy atom. The number of sulfone groups is 1. The number of nitro benzene ring substituents is 1. The number of alkyl halides is 1. The lowest BCUT2D eigenvalue weighted by Gasteiger charge is -2.14. The summed E-state index contributed by atoms with van der Waals surface area (Å²) in [5.74, 6) is -2.50. The molecule has 1 unspecified atom stereocenters. The van der Waals surface area contributed by atoms with E-state index in [4.69, 9.17) is 4.74 Å². The van der Waals surface area contributed by atoms with Crippen LogP contribution < -0.4 is 10.1 Å². The second kappa shape index (κ2) is 11.0.